The lowest BCUT2D eigenvalue weighted by Crippen LogP contribution is -3.00. The molecule has 2 heterocycles. The molecule has 4 bridgehead atoms. The molecule has 1 aromatic rings. The quantitative estimate of drug-likeness (QED) is 0.0351. The Morgan fingerprint density at radius 2 is 1.21 bits per heavy atom. The number of carboxylic acids is 1. The highest BCUT2D eigenvalue weighted by molar-refractivity contribution is 6.64. The van der Waals surface area contributed by atoms with Gasteiger partial charge in [-0.05, 0) is 94.0 Å². The van der Waals surface area contributed by atoms with E-state index in [1.54, 1.807) is 81.6 Å². The van der Waals surface area contributed by atoms with Gasteiger partial charge in [-0.25, -0.2) is 9.59 Å². The van der Waals surface area contributed by atoms with Gasteiger partial charge in [0.15, 0.2) is 17.2 Å². The highest BCUT2D eigenvalue weighted by Crippen LogP contribution is 2.41. The van der Waals surface area contributed by atoms with Crippen molar-refractivity contribution in [1.29, 1.82) is 0 Å². The number of carbonyl (C=O) groups is 8. The van der Waals surface area contributed by atoms with Gasteiger partial charge in [0.2, 0.25) is 11.0 Å². The number of fused-ring (bicyclic) bond motifs is 4. The first-order valence-corrected chi connectivity index (χ1v) is 29.6. The van der Waals surface area contributed by atoms with Gasteiger partial charge in [-0.15, -0.1) is 19.0 Å². The third kappa shape index (κ3) is 27.9. The number of anilines is 1. The Morgan fingerprint density at radius 3 is 1.60 bits per heavy atom. The SMILES string of the molecule is C=CCCC1=C2C[C@@H](C)[C@H](OC)[C@H](O)[C@@H](C)/C=C(\C)[C@H](OC(N)=O)[C@@H](C)/C=C\C=C(/C)C(=O)NC(=CC1=O)C2=O.C=CC[NH2+]c1c(O)cc2c(O)c1C[C@@H](C)[C@H](OC)[C@H](O)[C@@H](C)/C=C(\C)[C@H](OC(N)=O)[C@@H](C)/C=C\C=C(/C)C(=O)N2.Cl.NCC(=O)Cl.[Cl-].[NH3+]CC(=O)[O-]. The van der Waals surface area contributed by atoms with Crippen molar-refractivity contribution >= 4 is 82.2 Å². The number of benzene rings is 1. The molecule has 12 atom stereocenters. The van der Waals surface area contributed by atoms with Gasteiger partial charge in [0.05, 0.1) is 60.4 Å². The fraction of sp³-hybridized carbons (Fsp3) is 0.477. The smallest absolute Gasteiger partial charge is 0.405 e. The Kier molecular flexibility index (Phi) is 41.1. The maximum Gasteiger partial charge on any atom is 0.405 e. The number of aliphatic hydroxyl groups is 2. The zero-order valence-electron chi connectivity index (χ0n) is 54.5. The number of phenolic OH excluding ortho intramolecular Hbond substituents is 2. The van der Waals surface area contributed by atoms with Crippen molar-refractivity contribution in [3.63, 3.8) is 0 Å². The van der Waals surface area contributed by atoms with E-state index in [4.69, 9.17) is 42.0 Å². The Morgan fingerprint density at radius 1 is 0.772 bits per heavy atom. The maximum absolute atomic E-state index is 13.6. The molecule has 3 aliphatic rings. The number of rotatable bonds is 12. The van der Waals surface area contributed by atoms with Crippen LogP contribution >= 0.6 is 24.0 Å². The largest absolute Gasteiger partial charge is 1.00 e. The Hall–Kier alpha value is -7.23. The van der Waals surface area contributed by atoms with E-state index in [2.05, 4.69) is 35.3 Å². The lowest BCUT2D eigenvalue weighted by atomic mass is 9.81. The van der Waals surface area contributed by atoms with Crippen molar-refractivity contribution in [2.45, 2.75) is 132 Å². The van der Waals surface area contributed by atoms with Crippen LogP contribution in [0, 0.1) is 35.5 Å². The van der Waals surface area contributed by atoms with E-state index in [1.165, 1.54) is 26.4 Å². The molecule has 0 aromatic heterocycles. The minimum atomic E-state index is -1.11. The van der Waals surface area contributed by atoms with E-state index >= 15 is 0 Å². The summed E-state index contributed by atoms with van der Waals surface area (Å²) in [4.78, 5) is 94.5. The molecule has 2 aliphatic heterocycles. The number of nitrogens with two attached hydrogens (primary N) is 4. The second-order valence-corrected chi connectivity index (χ2v) is 22.6. The zero-order valence-corrected chi connectivity index (χ0v) is 56.8. The van der Waals surface area contributed by atoms with Gasteiger partial charge in [0.1, 0.15) is 24.5 Å². The lowest BCUT2D eigenvalue weighted by Gasteiger charge is -2.32. The van der Waals surface area contributed by atoms with Crippen molar-refractivity contribution in [2.24, 2.45) is 52.7 Å². The summed E-state index contributed by atoms with van der Waals surface area (Å²) in [5.74, 6) is -5.33. The maximum atomic E-state index is 13.6. The molecular formula is C65H96Cl3N7O17. The zero-order chi connectivity index (χ0) is 68.9. The molecule has 0 radical (unpaired) electrons. The van der Waals surface area contributed by atoms with Gasteiger partial charge in [0.25, 0.3) is 11.8 Å². The van der Waals surface area contributed by atoms with Gasteiger partial charge in [0, 0.05) is 72.3 Å². The number of aliphatic hydroxyl groups excluding tert-OH is 2. The Labute approximate surface area is 556 Å². The number of hydrogen-bond acceptors (Lipinski definition) is 18. The number of nitrogens with one attached hydrogen (secondary N) is 2. The first kappa shape index (κ1) is 86.8. The summed E-state index contributed by atoms with van der Waals surface area (Å²) in [5.41, 5.74) is 21.9. The number of aliphatic carboxylic acids is 1. The van der Waals surface area contributed by atoms with Crippen LogP contribution in [0.2, 0.25) is 0 Å². The number of halogens is 3. The van der Waals surface area contributed by atoms with Crippen LogP contribution in [-0.4, -0.2) is 138 Å². The van der Waals surface area contributed by atoms with Crippen LogP contribution in [0.15, 0.2) is 125 Å². The summed E-state index contributed by atoms with van der Waals surface area (Å²) in [5, 5.41) is 60.4. The molecule has 0 saturated carbocycles. The number of phenols is 2. The molecule has 92 heavy (non-hydrogen) atoms. The number of carboxylic acid groups (broad SMARTS) is 1. The molecule has 1 aromatic carbocycles. The number of quaternary nitrogens is 2. The molecular weight excluding hydrogens is 1260 g/mol. The lowest BCUT2D eigenvalue weighted by molar-refractivity contribution is -0.562. The van der Waals surface area contributed by atoms with Crippen LogP contribution in [0.25, 0.3) is 0 Å². The van der Waals surface area contributed by atoms with Gasteiger partial charge in [-0.1, -0.05) is 103 Å². The normalized spacial score (nSPS) is 27.9. The average molecular weight is 1350 g/mol. The number of methoxy groups -OCH3 is 2. The topological polar surface area (TPSA) is 424 Å². The van der Waals surface area contributed by atoms with Gasteiger partial charge in [-0.2, -0.15) is 0 Å². The summed E-state index contributed by atoms with van der Waals surface area (Å²) in [6.45, 7) is 25.5. The van der Waals surface area contributed by atoms with Gasteiger partial charge in [-0.3, -0.25) is 24.0 Å². The highest BCUT2D eigenvalue weighted by Gasteiger charge is 2.37. The molecule has 0 spiro atoms. The van der Waals surface area contributed by atoms with Crippen LogP contribution in [-0.2, 0) is 54.1 Å². The van der Waals surface area contributed by atoms with Crippen molar-refractivity contribution < 1.29 is 106 Å². The number of hydrogen-bond donors (Lipinski definition) is 11. The monoisotopic (exact) mass is 1350 g/mol. The number of carbonyl (C=O) groups excluding carboxylic acids is 8. The Bertz CT molecular complexity index is 2980. The number of allylic oxidation sites excluding steroid dienone is 8. The number of ketones is 2. The first-order chi connectivity index (χ1) is 42.2. The van der Waals surface area contributed by atoms with Crippen molar-refractivity contribution in [2.75, 3.05) is 39.2 Å². The third-order valence-corrected chi connectivity index (χ3v) is 15.1. The van der Waals surface area contributed by atoms with Gasteiger partial charge >= 0.3 is 12.2 Å². The summed E-state index contributed by atoms with van der Waals surface area (Å²) in [6, 6.07) is 1.31. The van der Waals surface area contributed by atoms with Crippen LogP contribution in [0.3, 0.4) is 0 Å². The predicted molar refractivity (Wildman–Crippen MR) is 347 cm³/mol. The van der Waals surface area contributed by atoms with Crippen LogP contribution in [0.1, 0.15) is 94.1 Å². The van der Waals surface area contributed by atoms with E-state index in [0.29, 0.717) is 58.5 Å². The van der Waals surface area contributed by atoms with E-state index in [0.717, 1.165) is 0 Å². The van der Waals surface area contributed by atoms with E-state index in [1.807, 2.05) is 53.7 Å². The molecule has 17 N–H and O–H groups in total. The van der Waals surface area contributed by atoms with Gasteiger partial charge < -0.3 is 101 Å². The summed E-state index contributed by atoms with van der Waals surface area (Å²) in [6.07, 6.45) is 12.8. The summed E-state index contributed by atoms with van der Waals surface area (Å²) in [7, 11) is 2.98. The minimum absolute atomic E-state index is 0. The third-order valence-electron chi connectivity index (χ3n) is 14.9. The fourth-order valence-corrected chi connectivity index (χ4v) is 10.2. The van der Waals surface area contributed by atoms with Crippen LogP contribution < -0.4 is 56.4 Å². The van der Waals surface area contributed by atoms with E-state index < -0.39 is 89.5 Å². The number of amides is 4. The predicted octanol–water partition coefficient (Wildman–Crippen LogP) is 1.29. The molecule has 24 nitrogen and oxygen atoms in total. The standard InChI is InChI=1S/C31H42N2O7.C30H43N3O7.C2H4ClNO.C2H5NO2.2ClH/c1-8-9-13-22-23-15-21(6)29(39-7)26(35)19(4)14-20(5)28(40-31(32)38)17(2)11-10-12-18(3)30(37)33-24(27(23)36)16-25(22)34;1-8-12-32-24-21-14-20(6)28(39-7)25(35)18(4)13-19(5)27(40-30(31)38)16(2)10-9-11-17(3)29(37)33-22(26(21)36)15-23(24)34;3-2(5)1-4;3-1-2(4)5;;/h8,10-12,14,16-17,19,21,26,28-29,35H,1,9,13,15H2,2-7H3,(H2,32,38)(H,33,37);8-11,13,15-16,18,20,25,27-28,32,34-36H,1,12,14H2,2-7H3,(H2,31,38)(H,33,37);1,4H2;1,3H2,(H,4,5);2*1H/b11-10-,18-12+,20-14+;10-9-,17-11+,19-13+;;;;/t17-,19-,21+,26+,28+,29-;16-,18-,20+,25+,27+,28-;;;;/m00..../s1. The minimum Gasteiger partial charge on any atom is -1.00 e. The average Bonchev–Trinajstić information content (AvgIpc) is 0.818. The molecule has 4 rings (SSSR count). The molecule has 0 unspecified atom stereocenters. The number of Topliss-reactive ketones (excluding diaryl/α,β-unsaturated/α-hetero) is 1. The van der Waals surface area contributed by atoms with E-state index in [9.17, 15) is 63.9 Å². The fourth-order valence-electron chi connectivity index (χ4n) is 10.2. The van der Waals surface area contributed by atoms with Crippen LogP contribution in [0.4, 0.5) is 21.0 Å². The van der Waals surface area contributed by atoms with Crippen molar-refractivity contribution in [3.8, 4) is 11.5 Å². The molecule has 4 amide bonds. The number of primary amides is 2. The second kappa shape index (κ2) is 43.6. The Balaban J connectivity index is 0. The first-order valence-electron chi connectivity index (χ1n) is 29.2. The molecule has 0 fully saturated rings. The second-order valence-electron chi connectivity index (χ2n) is 22.2. The molecule has 0 saturated heterocycles. The summed E-state index contributed by atoms with van der Waals surface area (Å²) < 4.78 is 22.2. The van der Waals surface area contributed by atoms with Crippen molar-refractivity contribution in [3.05, 3.63) is 131 Å². The number of ether oxygens (including phenoxy) is 4. The summed E-state index contributed by atoms with van der Waals surface area (Å²) >= 11 is 4.70. The van der Waals surface area contributed by atoms with Crippen LogP contribution in [0.5, 0.6) is 11.5 Å². The molecule has 514 valence electrons. The molecule has 1 aliphatic carbocycles. The van der Waals surface area contributed by atoms with E-state index in [-0.39, 0.29) is 109 Å². The van der Waals surface area contributed by atoms with Crippen molar-refractivity contribution in [1.82, 2.24) is 5.32 Å². The number of aromatic hydroxyl groups is 2. The highest BCUT2D eigenvalue weighted by atomic mass is 35.5. The molecule has 27 heteroatoms.